The maximum Gasteiger partial charge on any atom is 0.405 e. The summed E-state index contributed by atoms with van der Waals surface area (Å²) < 4.78 is 81.3. The molecule has 0 saturated carbocycles. The van der Waals surface area contributed by atoms with Gasteiger partial charge in [-0.15, -0.1) is 0 Å². The SMILES string of the molecule is F/C=C(/Cl)C(C(F)(F)F)C(F)(F)F. The lowest BCUT2D eigenvalue weighted by Crippen LogP contribution is -2.36. The summed E-state index contributed by atoms with van der Waals surface area (Å²) >= 11 is 4.45. The third-order valence-electron chi connectivity index (χ3n) is 1.03. The fourth-order valence-corrected chi connectivity index (χ4v) is 0.809. The average Bonchev–Trinajstić information content (AvgIpc) is 1.80. The van der Waals surface area contributed by atoms with E-state index in [0.29, 0.717) is 0 Å². The molecule has 0 rings (SSSR count). The van der Waals surface area contributed by atoms with Gasteiger partial charge in [-0.25, -0.2) is 4.39 Å². The zero-order valence-electron chi connectivity index (χ0n) is 5.68. The second-order valence-electron chi connectivity index (χ2n) is 2.01. The van der Waals surface area contributed by atoms with Crippen LogP contribution in [0.15, 0.2) is 11.4 Å². The maximum atomic E-state index is 11.6. The molecule has 8 heteroatoms. The molecule has 0 aromatic carbocycles. The van der Waals surface area contributed by atoms with E-state index < -0.39 is 29.6 Å². The minimum absolute atomic E-state index is 0.923. The molecular weight excluding hydrogens is 228 g/mol. The number of hydrogen-bond acceptors (Lipinski definition) is 0. The van der Waals surface area contributed by atoms with Crippen LogP contribution >= 0.6 is 11.6 Å². The van der Waals surface area contributed by atoms with Crippen molar-refractivity contribution in [2.24, 2.45) is 5.92 Å². The van der Waals surface area contributed by atoms with E-state index in [0.717, 1.165) is 0 Å². The predicted molar refractivity (Wildman–Crippen MR) is 30.6 cm³/mol. The summed E-state index contributed by atoms with van der Waals surface area (Å²) in [6.45, 7) is 0. The topological polar surface area (TPSA) is 0 Å². The first-order valence-corrected chi connectivity index (χ1v) is 3.07. The molecule has 0 radical (unpaired) electrons. The van der Waals surface area contributed by atoms with Gasteiger partial charge in [0.2, 0.25) is 0 Å². The molecule has 13 heavy (non-hydrogen) atoms. The van der Waals surface area contributed by atoms with Crippen LogP contribution in [0.2, 0.25) is 0 Å². The summed E-state index contributed by atoms with van der Waals surface area (Å²) in [5.74, 6) is -3.95. The molecule has 0 atom stereocenters. The molecule has 0 aromatic heterocycles. The number of halogens is 8. The second kappa shape index (κ2) is 3.73. The smallest absolute Gasteiger partial charge is 0.214 e. The summed E-state index contributed by atoms with van der Waals surface area (Å²) in [5.41, 5.74) is 0. The normalized spacial score (nSPS) is 15.3. The number of allylic oxidation sites excluding steroid dienone is 1. The highest BCUT2D eigenvalue weighted by molar-refractivity contribution is 6.29. The summed E-state index contributed by atoms with van der Waals surface area (Å²) in [6, 6.07) is 0. The third kappa shape index (κ3) is 3.41. The molecule has 0 aliphatic carbocycles. The molecule has 0 bridgehead atoms. The van der Waals surface area contributed by atoms with E-state index in [1.165, 1.54) is 0 Å². The van der Waals surface area contributed by atoms with Crippen LogP contribution in [-0.2, 0) is 0 Å². The molecule has 78 valence electrons. The van der Waals surface area contributed by atoms with Gasteiger partial charge in [0.1, 0.15) is 6.33 Å². The number of rotatable bonds is 1. The van der Waals surface area contributed by atoms with Crippen LogP contribution < -0.4 is 0 Å². The maximum absolute atomic E-state index is 11.6. The van der Waals surface area contributed by atoms with Crippen LogP contribution in [0.5, 0.6) is 0 Å². The molecule has 0 spiro atoms. The number of alkyl halides is 6. The van der Waals surface area contributed by atoms with Gasteiger partial charge < -0.3 is 0 Å². The Labute approximate surface area is 73.0 Å². The Hall–Kier alpha value is -0.460. The average molecular weight is 231 g/mol. The number of hydrogen-bond donors (Lipinski definition) is 0. The molecular formula is C5H2ClF7. The Bertz CT molecular complexity index is 186. The Balaban J connectivity index is 5.01. The largest absolute Gasteiger partial charge is 0.405 e. The quantitative estimate of drug-likeness (QED) is 0.602. The summed E-state index contributed by atoms with van der Waals surface area (Å²) in [4.78, 5) is 0. The van der Waals surface area contributed by atoms with Crippen LogP contribution in [0, 0.1) is 5.92 Å². The highest BCUT2D eigenvalue weighted by Crippen LogP contribution is 2.44. The lowest BCUT2D eigenvalue weighted by atomic mass is 10.1. The van der Waals surface area contributed by atoms with Gasteiger partial charge in [0.05, 0.1) is 5.03 Å². The van der Waals surface area contributed by atoms with Gasteiger partial charge in [-0.05, 0) is 0 Å². The van der Waals surface area contributed by atoms with Gasteiger partial charge in [-0.2, -0.15) is 26.3 Å². The van der Waals surface area contributed by atoms with Crippen LogP contribution in [0.25, 0.3) is 0 Å². The molecule has 0 nitrogen and oxygen atoms in total. The second-order valence-corrected chi connectivity index (χ2v) is 2.45. The zero-order chi connectivity index (χ0) is 10.9. The minimum atomic E-state index is -5.64. The first-order chi connectivity index (χ1) is 5.60. The molecule has 0 aliphatic rings. The molecule has 0 saturated heterocycles. The van der Waals surface area contributed by atoms with Crippen molar-refractivity contribution in [1.82, 2.24) is 0 Å². The summed E-state index contributed by atoms with van der Waals surface area (Å²) in [7, 11) is 0. The zero-order valence-corrected chi connectivity index (χ0v) is 6.43. The fourth-order valence-electron chi connectivity index (χ4n) is 0.561. The Morgan fingerprint density at radius 1 is 1.00 bits per heavy atom. The Morgan fingerprint density at radius 2 is 1.31 bits per heavy atom. The summed E-state index contributed by atoms with van der Waals surface area (Å²) in [5, 5.41) is -1.93. The van der Waals surface area contributed by atoms with Crippen molar-refractivity contribution >= 4 is 11.6 Å². The van der Waals surface area contributed by atoms with Crippen LogP contribution in [0.4, 0.5) is 30.7 Å². The van der Waals surface area contributed by atoms with Gasteiger partial charge in [-0.1, -0.05) is 11.6 Å². The molecule has 0 heterocycles. The fraction of sp³-hybridized carbons (Fsp3) is 0.600. The van der Waals surface area contributed by atoms with Crippen molar-refractivity contribution in [3.63, 3.8) is 0 Å². The highest BCUT2D eigenvalue weighted by atomic mass is 35.5. The predicted octanol–water partition coefficient (Wildman–Crippen LogP) is 3.78. The van der Waals surface area contributed by atoms with Crippen molar-refractivity contribution < 1.29 is 30.7 Å². The van der Waals surface area contributed by atoms with Crippen molar-refractivity contribution in [2.75, 3.05) is 0 Å². The van der Waals surface area contributed by atoms with Crippen molar-refractivity contribution in [2.45, 2.75) is 12.4 Å². The lowest BCUT2D eigenvalue weighted by Gasteiger charge is -2.21. The van der Waals surface area contributed by atoms with Crippen molar-refractivity contribution in [3.05, 3.63) is 11.4 Å². The standard InChI is InChI=1S/C5H2ClF7/c6-2(1-7)3(4(8,9)10)5(11,12)13/h1,3H/b2-1+. The summed E-state index contributed by atoms with van der Waals surface area (Å²) in [6.07, 6.45) is -12.2. The lowest BCUT2D eigenvalue weighted by molar-refractivity contribution is -0.269. The highest BCUT2D eigenvalue weighted by Gasteiger charge is 2.58. The monoisotopic (exact) mass is 230 g/mol. The van der Waals surface area contributed by atoms with E-state index in [4.69, 9.17) is 0 Å². The van der Waals surface area contributed by atoms with Gasteiger partial charge in [0, 0.05) is 0 Å². The Morgan fingerprint density at radius 3 is 1.38 bits per heavy atom. The molecule has 0 aromatic rings. The first-order valence-electron chi connectivity index (χ1n) is 2.70. The minimum Gasteiger partial charge on any atom is -0.214 e. The van der Waals surface area contributed by atoms with Crippen LogP contribution in [0.1, 0.15) is 0 Å². The molecule has 0 unspecified atom stereocenters. The van der Waals surface area contributed by atoms with E-state index >= 15 is 0 Å². The molecule has 0 amide bonds. The third-order valence-corrected chi connectivity index (χ3v) is 1.34. The molecule has 0 fully saturated rings. The van der Waals surface area contributed by atoms with E-state index in [2.05, 4.69) is 11.6 Å². The van der Waals surface area contributed by atoms with E-state index in [-0.39, 0.29) is 0 Å². The van der Waals surface area contributed by atoms with Gasteiger partial charge in [0.15, 0.2) is 5.92 Å². The van der Waals surface area contributed by atoms with Gasteiger partial charge in [0.25, 0.3) is 0 Å². The van der Waals surface area contributed by atoms with Crippen LogP contribution in [0.3, 0.4) is 0 Å². The van der Waals surface area contributed by atoms with E-state index in [1.54, 1.807) is 0 Å². The molecule has 0 N–H and O–H groups in total. The molecule has 0 aliphatic heterocycles. The van der Waals surface area contributed by atoms with Gasteiger partial charge in [-0.3, -0.25) is 0 Å². The van der Waals surface area contributed by atoms with Crippen molar-refractivity contribution in [1.29, 1.82) is 0 Å². The van der Waals surface area contributed by atoms with E-state index in [1.807, 2.05) is 0 Å². The Kier molecular flexibility index (Phi) is 3.60. The first kappa shape index (κ1) is 12.5. The van der Waals surface area contributed by atoms with E-state index in [9.17, 15) is 30.7 Å². The van der Waals surface area contributed by atoms with Crippen molar-refractivity contribution in [3.8, 4) is 0 Å². The van der Waals surface area contributed by atoms with Gasteiger partial charge >= 0.3 is 12.4 Å². The van der Waals surface area contributed by atoms with Crippen LogP contribution in [-0.4, -0.2) is 12.4 Å².